The Kier molecular flexibility index (Phi) is 6.04. The molecule has 2 aliphatic rings. The van der Waals surface area contributed by atoms with Crippen molar-refractivity contribution in [3.8, 4) is 5.75 Å². The van der Waals surface area contributed by atoms with E-state index in [0.29, 0.717) is 34.6 Å². The lowest BCUT2D eigenvalue weighted by molar-refractivity contribution is -0.121. The van der Waals surface area contributed by atoms with Crippen LogP contribution in [0, 0.1) is 0 Å². The summed E-state index contributed by atoms with van der Waals surface area (Å²) in [5, 5.41) is 3.43. The van der Waals surface area contributed by atoms with Gasteiger partial charge in [0, 0.05) is 24.7 Å². The minimum atomic E-state index is -0.214. The molecule has 0 bridgehead atoms. The number of carbonyl (C=O) groups is 2. The summed E-state index contributed by atoms with van der Waals surface area (Å²) >= 11 is 6.16. The average molecular weight is 380 g/mol. The molecule has 142 valence electrons. The van der Waals surface area contributed by atoms with Crippen LogP contribution in [-0.2, 0) is 4.79 Å². The second-order valence-electron chi connectivity index (χ2n) is 6.94. The van der Waals surface area contributed by atoms with E-state index in [1.807, 2.05) is 0 Å². The fourth-order valence-corrected chi connectivity index (χ4v) is 3.81. The number of halogens is 1. The van der Waals surface area contributed by atoms with Gasteiger partial charge in [0.25, 0.3) is 11.8 Å². The monoisotopic (exact) mass is 379 g/mol. The van der Waals surface area contributed by atoms with E-state index in [4.69, 9.17) is 16.3 Å². The van der Waals surface area contributed by atoms with E-state index in [0.717, 1.165) is 19.5 Å². The molecular formula is C19H26ClN3O3. The van der Waals surface area contributed by atoms with Crippen LogP contribution in [0.5, 0.6) is 5.75 Å². The first-order valence-corrected chi connectivity index (χ1v) is 9.64. The maximum absolute atomic E-state index is 12.8. The number of rotatable bonds is 6. The van der Waals surface area contributed by atoms with E-state index < -0.39 is 0 Å². The molecule has 2 amide bonds. The quantitative estimate of drug-likeness (QED) is 0.825. The molecule has 26 heavy (non-hydrogen) atoms. The lowest BCUT2D eigenvalue weighted by Gasteiger charge is -2.28. The normalized spacial score (nSPS) is 20.0. The Morgan fingerprint density at radius 1 is 1.42 bits per heavy atom. The summed E-state index contributed by atoms with van der Waals surface area (Å²) < 4.78 is 5.54. The van der Waals surface area contributed by atoms with E-state index >= 15 is 0 Å². The number of carbonyl (C=O) groups excluding carboxylic acids is 2. The minimum absolute atomic E-state index is 0.0706. The zero-order valence-electron chi connectivity index (χ0n) is 15.4. The number of fused-ring (bicyclic) bond motifs is 1. The number of nitrogens with one attached hydrogen (secondary N) is 1. The highest BCUT2D eigenvalue weighted by Gasteiger charge is 2.29. The Morgan fingerprint density at radius 3 is 3.00 bits per heavy atom. The zero-order chi connectivity index (χ0) is 18.7. The van der Waals surface area contributed by atoms with E-state index in [2.05, 4.69) is 17.1 Å². The smallest absolute Gasteiger partial charge is 0.264 e. The molecule has 2 aliphatic heterocycles. The maximum atomic E-state index is 12.8. The Balaban J connectivity index is 1.70. The number of ether oxygens (including phenoxy) is 1. The third-order valence-electron chi connectivity index (χ3n) is 5.15. The molecule has 0 aromatic heterocycles. The number of unbranched alkanes of at least 4 members (excludes halogenated alkanes) is 1. The molecule has 6 nitrogen and oxygen atoms in total. The fraction of sp³-hybridized carbons (Fsp3) is 0.579. The second kappa shape index (κ2) is 8.27. The highest BCUT2D eigenvalue weighted by Crippen LogP contribution is 2.37. The van der Waals surface area contributed by atoms with Crippen molar-refractivity contribution in [3.05, 3.63) is 22.7 Å². The van der Waals surface area contributed by atoms with Crippen LogP contribution in [0.15, 0.2) is 12.1 Å². The summed E-state index contributed by atoms with van der Waals surface area (Å²) in [6.07, 6.45) is 4.63. The second-order valence-corrected chi connectivity index (χ2v) is 7.38. The Morgan fingerprint density at radius 2 is 2.23 bits per heavy atom. The maximum Gasteiger partial charge on any atom is 0.264 e. The minimum Gasteiger partial charge on any atom is -0.481 e. The van der Waals surface area contributed by atoms with Gasteiger partial charge in [0.15, 0.2) is 12.4 Å². The Hall–Kier alpha value is -1.79. The van der Waals surface area contributed by atoms with Gasteiger partial charge in [-0.2, -0.15) is 0 Å². The SMILES string of the molecule is CCCCN1CCC[C@@H]1CNC(=O)c1cc(Cl)cc2c1OCC(=O)N2C. The molecule has 2 heterocycles. The van der Waals surface area contributed by atoms with Gasteiger partial charge in [-0.1, -0.05) is 24.9 Å². The summed E-state index contributed by atoms with van der Waals surface area (Å²) in [7, 11) is 1.66. The van der Waals surface area contributed by atoms with Gasteiger partial charge in [0.05, 0.1) is 11.3 Å². The van der Waals surface area contributed by atoms with Crippen molar-refractivity contribution in [1.82, 2.24) is 10.2 Å². The fourth-order valence-electron chi connectivity index (χ4n) is 3.60. The molecule has 0 unspecified atom stereocenters. The summed E-state index contributed by atoms with van der Waals surface area (Å²) in [6.45, 7) is 4.91. The highest BCUT2D eigenvalue weighted by molar-refractivity contribution is 6.31. The van der Waals surface area contributed by atoms with Gasteiger partial charge in [-0.15, -0.1) is 0 Å². The number of hydrogen-bond acceptors (Lipinski definition) is 4. The number of likely N-dealkylation sites (N-methyl/N-ethyl adjacent to an activating group) is 1. The molecule has 1 saturated heterocycles. The number of hydrogen-bond donors (Lipinski definition) is 1. The number of anilines is 1. The highest BCUT2D eigenvalue weighted by atomic mass is 35.5. The first-order chi connectivity index (χ1) is 12.5. The van der Waals surface area contributed by atoms with Crippen LogP contribution in [0.3, 0.4) is 0 Å². The number of likely N-dealkylation sites (tertiary alicyclic amines) is 1. The van der Waals surface area contributed by atoms with Gasteiger partial charge in [0.1, 0.15) is 0 Å². The first-order valence-electron chi connectivity index (χ1n) is 9.26. The van der Waals surface area contributed by atoms with Crippen LogP contribution in [0.2, 0.25) is 5.02 Å². The van der Waals surface area contributed by atoms with E-state index in [1.165, 1.54) is 24.2 Å². The molecule has 0 spiro atoms. The topological polar surface area (TPSA) is 61.9 Å². The van der Waals surface area contributed by atoms with Crippen LogP contribution in [-0.4, -0.2) is 56.0 Å². The van der Waals surface area contributed by atoms with Crippen molar-refractivity contribution in [2.24, 2.45) is 0 Å². The van der Waals surface area contributed by atoms with Gasteiger partial charge in [0.2, 0.25) is 0 Å². The standard InChI is InChI=1S/C19H26ClN3O3/c1-3-4-7-23-8-5-6-14(23)11-21-19(25)15-9-13(20)10-16-18(15)26-12-17(24)22(16)2/h9-10,14H,3-8,11-12H2,1-2H3,(H,21,25)/t14-/m1/s1. The van der Waals surface area contributed by atoms with Gasteiger partial charge >= 0.3 is 0 Å². The third kappa shape index (κ3) is 3.96. The van der Waals surface area contributed by atoms with Crippen LogP contribution < -0.4 is 15.0 Å². The van der Waals surface area contributed by atoms with Crippen molar-refractivity contribution in [2.45, 2.75) is 38.6 Å². The molecule has 0 aliphatic carbocycles. The van der Waals surface area contributed by atoms with E-state index in [9.17, 15) is 9.59 Å². The molecule has 1 aromatic rings. The van der Waals surface area contributed by atoms with Gasteiger partial charge in [-0.05, 0) is 44.5 Å². The van der Waals surface area contributed by atoms with Gasteiger partial charge in [-0.3, -0.25) is 14.5 Å². The Bertz CT molecular complexity index is 695. The molecule has 0 saturated carbocycles. The number of amides is 2. The van der Waals surface area contributed by atoms with Crippen molar-refractivity contribution < 1.29 is 14.3 Å². The molecule has 1 N–H and O–H groups in total. The van der Waals surface area contributed by atoms with Crippen molar-refractivity contribution in [2.75, 3.05) is 38.2 Å². The number of nitrogens with zero attached hydrogens (tertiary/aromatic N) is 2. The van der Waals surface area contributed by atoms with Crippen LogP contribution in [0.1, 0.15) is 43.0 Å². The van der Waals surface area contributed by atoms with E-state index in [1.54, 1.807) is 19.2 Å². The molecule has 1 aromatic carbocycles. The van der Waals surface area contributed by atoms with Crippen molar-refractivity contribution in [1.29, 1.82) is 0 Å². The summed E-state index contributed by atoms with van der Waals surface area (Å²) in [4.78, 5) is 28.5. The summed E-state index contributed by atoms with van der Waals surface area (Å²) in [6, 6.07) is 3.63. The number of benzene rings is 1. The third-order valence-corrected chi connectivity index (χ3v) is 5.37. The first kappa shape index (κ1) is 19.0. The molecule has 1 atom stereocenters. The van der Waals surface area contributed by atoms with Crippen LogP contribution >= 0.6 is 11.6 Å². The predicted molar refractivity (Wildman–Crippen MR) is 102 cm³/mol. The Labute approximate surface area is 159 Å². The van der Waals surface area contributed by atoms with E-state index in [-0.39, 0.29) is 18.4 Å². The molecule has 3 rings (SSSR count). The summed E-state index contributed by atoms with van der Waals surface area (Å²) in [5.74, 6) is 0.0424. The van der Waals surface area contributed by atoms with Crippen LogP contribution in [0.25, 0.3) is 0 Å². The van der Waals surface area contributed by atoms with Crippen molar-refractivity contribution in [3.63, 3.8) is 0 Å². The molecule has 0 radical (unpaired) electrons. The molecular weight excluding hydrogens is 354 g/mol. The molecule has 1 fully saturated rings. The van der Waals surface area contributed by atoms with Gasteiger partial charge < -0.3 is 15.0 Å². The zero-order valence-corrected chi connectivity index (χ0v) is 16.1. The average Bonchev–Trinajstić information content (AvgIpc) is 3.08. The van der Waals surface area contributed by atoms with Gasteiger partial charge in [-0.25, -0.2) is 0 Å². The van der Waals surface area contributed by atoms with Crippen molar-refractivity contribution >= 4 is 29.1 Å². The van der Waals surface area contributed by atoms with Crippen LogP contribution in [0.4, 0.5) is 5.69 Å². The molecule has 7 heteroatoms. The summed E-state index contributed by atoms with van der Waals surface area (Å²) in [5.41, 5.74) is 0.911. The predicted octanol–water partition coefficient (Wildman–Crippen LogP) is 2.69. The lowest BCUT2D eigenvalue weighted by atomic mass is 10.1. The lowest BCUT2D eigenvalue weighted by Crippen LogP contribution is -2.41. The largest absolute Gasteiger partial charge is 0.481 e.